The number of guanidine groups is 1. The van der Waals surface area contributed by atoms with Gasteiger partial charge in [0.2, 0.25) is 0 Å². The maximum Gasteiger partial charge on any atom is 0.194 e. The van der Waals surface area contributed by atoms with Crippen LogP contribution in [0.3, 0.4) is 0 Å². The van der Waals surface area contributed by atoms with Crippen molar-refractivity contribution < 1.29 is 9.47 Å². The fourth-order valence-corrected chi connectivity index (χ4v) is 2.19. The lowest BCUT2D eigenvalue weighted by Gasteiger charge is -2.22. The number of nitrogens with zero attached hydrogens (tertiary/aromatic N) is 3. The zero-order chi connectivity index (χ0) is 16.9. The summed E-state index contributed by atoms with van der Waals surface area (Å²) in [4.78, 5) is 6.86. The van der Waals surface area contributed by atoms with Gasteiger partial charge in [-0.3, -0.25) is 4.99 Å². The fraction of sp³-hybridized carbons (Fsp3) is 0.706. The Morgan fingerprint density at radius 2 is 2.13 bits per heavy atom. The molecule has 0 unspecified atom stereocenters. The van der Waals surface area contributed by atoms with Crippen molar-refractivity contribution in [3.63, 3.8) is 0 Å². The maximum atomic E-state index is 5.46. The molecule has 0 aliphatic heterocycles. The molecule has 6 nitrogen and oxygen atoms in total. The molecule has 6 heteroatoms. The summed E-state index contributed by atoms with van der Waals surface area (Å²) in [5.74, 6) is 0.953. The number of ether oxygens (including phenoxy) is 2. The summed E-state index contributed by atoms with van der Waals surface area (Å²) in [7, 11) is 5.82. The van der Waals surface area contributed by atoms with Crippen molar-refractivity contribution in [2.24, 2.45) is 12.0 Å². The number of hydrogen-bond donors (Lipinski definition) is 1. The van der Waals surface area contributed by atoms with Crippen molar-refractivity contribution in [2.75, 3.05) is 47.1 Å². The number of aliphatic imine (C=N–C) groups is 1. The van der Waals surface area contributed by atoms with Gasteiger partial charge in [0.1, 0.15) is 0 Å². The number of nitrogens with one attached hydrogen (secondary N) is 1. The molecule has 0 saturated heterocycles. The van der Waals surface area contributed by atoms with Gasteiger partial charge in [-0.05, 0) is 31.9 Å². The first-order valence-electron chi connectivity index (χ1n) is 8.35. The predicted molar refractivity (Wildman–Crippen MR) is 94.8 cm³/mol. The Hall–Kier alpha value is -1.53. The van der Waals surface area contributed by atoms with Crippen molar-refractivity contribution in [3.8, 4) is 0 Å². The third-order valence-electron chi connectivity index (χ3n) is 3.54. The molecule has 0 radical (unpaired) electrons. The van der Waals surface area contributed by atoms with Crippen LogP contribution in [0.4, 0.5) is 0 Å². The van der Waals surface area contributed by atoms with Crippen molar-refractivity contribution >= 4 is 5.96 Å². The number of unbranched alkanes of at least 4 members (excludes halogenated alkanes) is 1. The summed E-state index contributed by atoms with van der Waals surface area (Å²) in [6, 6.07) is 4.20. The fourth-order valence-electron chi connectivity index (χ4n) is 2.19. The molecule has 23 heavy (non-hydrogen) atoms. The minimum absolute atomic E-state index is 0.659. The standard InChI is InChI=1S/C17H32N4O2/c1-5-18-17(19-10-6-7-12-23-14-13-22-4)21(3)15-16-9-8-11-20(16)2/h8-9,11H,5-7,10,12-15H2,1-4H3,(H,18,19). The van der Waals surface area contributed by atoms with Crippen molar-refractivity contribution in [1.29, 1.82) is 0 Å². The van der Waals surface area contributed by atoms with E-state index in [1.165, 1.54) is 5.69 Å². The molecule has 0 bridgehead atoms. The van der Waals surface area contributed by atoms with E-state index in [4.69, 9.17) is 14.5 Å². The van der Waals surface area contributed by atoms with Crippen LogP contribution in [0, 0.1) is 0 Å². The zero-order valence-electron chi connectivity index (χ0n) is 15.0. The first-order valence-corrected chi connectivity index (χ1v) is 8.35. The second kappa shape index (κ2) is 12.0. The van der Waals surface area contributed by atoms with Gasteiger partial charge < -0.3 is 24.3 Å². The van der Waals surface area contributed by atoms with Crippen molar-refractivity contribution in [1.82, 2.24) is 14.8 Å². The molecule has 0 fully saturated rings. The van der Waals surface area contributed by atoms with Gasteiger partial charge in [-0.15, -0.1) is 0 Å². The van der Waals surface area contributed by atoms with E-state index < -0.39 is 0 Å². The Morgan fingerprint density at radius 3 is 2.78 bits per heavy atom. The van der Waals surface area contributed by atoms with E-state index in [9.17, 15) is 0 Å². The van der Waals surface area contributed by atoms with E-state index in [0.29, 0.717) is 13.2 Å². The summed E-state index contributed by atoms with van der Waals surface area (Å²) < 4.78 is 12.5. The van der Waals surface area contributed by atoms with Gasteiger partial charge in [-0.2, -0.15) is 0 Å². The summed E-state index contributed by atoms with van der Waals surface area (Å²) in [5, 5.41) is 3.35. The number of hydrogen-bond acceptors (Lipinski definition) is 3. The molecule has 0 aromatic carbocycles. The predicted octanol–water partition coefficient (Wildman–Crippen LogP) is 1.87. The molecule has 0 saturated carbocycles. The highest BCUT2D eigenvalue weighted by molar-refractivity contribution is 5.79. The SMILES string of the molecule is CCNC(=NCCCCOCCOC)N(C)Cc1cccn1C. The van der Waals surface area contributed by atoms with Crippen LogP contribution in [-0.2, 0) is 23.1 Å². The molecule has 1 heterocycles. The molecule has 1 rings (SSSR count). The Labute approximate surface area is 140 Å². The lowest BCUT2D eigenvalue weighted by molar-refractivity contribution is 0.0690. The molecule has 0 spiro atoms. The van der Waals surface area contributed by atoms with Crippen LogP contribution in [0.1, 0.15) is 25.5 Å². The van der Waals surface area contributed by atoms with Crippen LogP contribution >= 0.6 is 0 Å². The average Bonchev–Trinajstić information content (AvgIpc) is 2.94. The minimum atomic E-state index is 0.659. The number of aryl methyl sites for hydroxylation is 1. The Morgan fingerprint density at radius 1 is 1.30 bits per heavy atom. The highest BCUT2D eigenvalue weighted by Crippen LogP contribution is 2.04. The summed E-state index contributed by atoms with van der Waals surface area (Å²) in [6.45, 7) is 6.72. The normalized spacial score (nSPS) is 11.7. The van der Waals surface area contributed by atoms with Crippen LogP contribution in [0.2, 0.25) is 0 Å². The summed E-state index contributed by atoms with van der Waals surface area (Å²) in [5.41, 5.74) is 1.27. The van der Waals surface area contributed by atoms with Crippen LogP contribution < -0.4 is 5.32 Å². The second-order valence-electron chi connectivity index (χ2n) is 5.51. The first kappa shape index (κ1) is 19.5. The van der Waals surface area contributed by atoms with Crippen LogP contribution in [0.25, 0.3) is 0 Å². The van der Waals surface area contributed by atoms with Gasteiger partial charge in [0, 0.05) is 52.8 Å². The molecular weight excluding hydrogens is 292 g/mol. The van der Waals surface area contributed by atoms with E-state index in [0.717, 1.165) is 45.0 Å². The first-order chi connectivity index (χ1) is 11.2. The van der Waals surface area contributed by atoms with Gasteiger partial charge in [0.05, 0.1) is 19.8 Å². The lowest BCUT2D eigenvalue weighted by Crippen LogP contribution is -2.38. The number of aromatic nitrogens is 1. The topological polar surface area (TPSA) is 51.0 Å². The van der Waals surface area contributed by atoms with Gasteiger partial charge in [0.25, 0.3) is 0 Å². The molecule has 1 N–H and O–H groups in total. The van der Waals surface area contributed by atoms with E-state index in [2.05, 4.69) is 54.1 Å². The molecule has 1 aromatic rings. The summed E-state index contributed by atoms with van der Waals surface area (Å²) in [6.07, 6.45) is 4.12. The van der Waals surface area contributed by atoms with Gasteiger partial charge in [0.15, 0.2) is 5.96 Å². The van der Waals surface area contributed by atoms with Crippen LogP contribution in [-0.4, -0.2) is 62.5 Å². The van der Waals surface area contributed by atoms with Crippen LogP contribution in [0.15, 0.2) is 23.3 Å². The summed E-state index contributed by atoms with van der Waals surface area (Å²) >= 11 is 0. The Balaban J connectivity index is 2.33. The number of methoxy groups -OCH3 is 1. The monoisotopic (exact) mass is 324 g/mol. The molecule has 0 aliphatic rings. The van der Waals surface area contributed by atoms with E-state index in [1.807, 2.05) is 0 Å². The quantitative estimate of drug-likeness (QED) is 0.383. The van der Waals surface area contributed by atoms with Crippen molar-refractivity contribution in [3.05, 3.63) is 24.0 Å². The van der Waals surface area contributed by atoms with Crippen molar-refractivity contribution in [2.45, 2.75) is 26.3 Å². The Kier molecular flexibility index (Phi) is 10.2. The highest BCUT2D eigenvalue weighted by Gasteiger charge is 2.07. The smallest absolute Gasteiger partial charge is 0.194 e. The van der Waals surface area contributed by atoms with E-state index >= 15 is 0 Å². The lowest BCUT2D eigenvalue weighted by atomic mass is 10.3. The van der Waals surface area contributed by atoms with E-state index in [1.54, 1.807) is 7.11 Å². The van der Waals surface area contributed by atoms with Gasteiger partial charge >= 0.3 is 0 Å². The highest BCUT2D eigenvalue weighted by atomic mass is 16.5. The number of rotatable bonds is 11. The molecule has 0 aliphatic carbocycles. The zero-order valence-corrected chi connectivity index (χ0v) is 15.0. The largest absolute Gasteiger partial charge is 0.382 e. The van der Waals surface area contributed by atoms with Crippen LogP contribution in [0.5, 0.6) is 0 Å². The molecule has 132 valence electrons. The third kappa shape index (κ3) is 8.04. The van der Waals surface area contributed by atoms with E-state index in [-0.39, 0.29) is 0 Å². The second-order valence-corrected chi connectivity index (χ2v) is 5.51. The Bertz CT molecular complexity index is 446. The minimum Gasteiger partial charge on any atom is -0.382 e. The van der Waals surface area contributed by atoms with Gasteiger partial charge in [-0.25, -0.2) is 0 Å². The molecule has 0 amide bonds. The molecule has 0 atom stereocenters. The van der Waals surface area contributed by atoms with Gasteiger partial charge in [-0.1, -0.05) is 0 Å². The maximum absolute atomic E-state index is 5.46. The molecular formula is C17H32N4O2. The average molecular weight is 324 g/mol. The molecule has 1 aromatic heterocycles. The third-order valence-corrected chi connectivity index (χ3v) is 3.54.